The number of carbonyl (C=O) groups excluding carboxylic acids is 1. The van der Waals surface area contributed by atoms with Crippen LogP contribution in [-0.2, 0) is 7.05 Å². The van der Waals surface area contributed by atoms with E-state index in [4.69, 9.17) is 23.2 Å². The Kier molecular flexibility index (Phi) is 4.41. The number of rotatable bonds is 1. The van der Waals surface area contributed by atoms with E-state index in [1.165, 1.54) is 17.4 Å². The summed E-state index contributed by atoms with van der Waals surface area (Å²) in [7, 11) is 1.87. The minimum atomic E-state index is -0.409. The predicted octanol–water partition coefficient (Wildman–Crippen LogP) is 5.05. The number of benzene rings is 2. The van der Waals surface area contributed by atoms with Gasteiger partial charge in [0.15, 0.2) is 4.80 Å². The van der Waals surface area contributed by atoms with Crippen LogP contribution >= 0.6 is 50.5 Å². The van der Waals surface area contributed by atoms with E-state index in [-0.39, 0.29) is 0 Å². The molecule has 0 saturated carbocycles. The summed E-state index contributed by atoms with van der Waals surface area (Å²) in [6.45, 7) is 0. The van der Waals surface area contributed by atoms with Crippen LogP contribution in [0.15, 0.2) is 45.9 Å². The van der Waals surface area contributed by atoms with Gasteiger partial charge in [0.2, 0.25) is 0 Å². The second kappa shape index (κ2) is 6.16. The molecule has 1 heterocycles. The van der Waals surface area contributed by atoms with Gasteiger partial charge in [0, 0.05) is 16.5 Å². The zero-order chi connectivity index (χ0) is 15.9. The summed E-state index contributed by atoms with van der Waals surface area (Å²) in [5, 5.41) is 0.789. The Morgan fingerprint density at radius 3 is 2.77 bits per heavy atom. The molecule has 1 amide bonds. The van der Waals surface area contributed by atoms with Crippen LogP contribution in [0.2, 0.25) is 10.0 Å². The molecule has 0 N–H and O–H groups in total. The highest BCUT2D eigenvalue weighted by molar-refractivity contribution is 9.10. The maximum Gasteiger partial charge on any atom is 0.281 e. The van der Waals surface area contributed by atoms with Gasteiger partial charge in [-0.25, -0.2) is 0 Å². The Labute approximate surface area is 149 Å². The fraction of sp³-hybridized carbons (Fsp3) is 0.0667. The van der Waals surface area contributed by atoms with E-state index in [9.17, 15) is 4.79 Å². The zero-order valence-electron chi connectivity index (χ0n) is 11.3. The zero-order valence-corrected chi connectivity index (χ0v) is 15.2. The second-order valence-corrected chi connectivity index (χ2v) is 7.37. The highest BCUT2D eigenvalue weighted by Crippen LogP contribution is 2.23. The Morgan fingerprint density at radius 1 is 1.23 bits per heavy atom. The number of aromatic nitrogens is 1. The van der Waals surface area contributed by atoms with Crippen molar-refractivity contribution in [2.24, 2.45) is 12.0 Å². The molecule has 3 rings (SSSR count). The number of nitrogens with zero attached hydrogens (tertiary/aromatic N) is 2. The van der Waals surface area contributed by atoms with E-state index in [0.29, 0.717) is 20.4 Å². The van der Waals surface area contributed by atoms with Crippen LogP contribution in [0.1, 0.15) is 10.4 Å². The molecule has 0 unspecified atom stereocenters. The van der Waals surface area contributed by atoms with Gasteiger partial charge in [-0.15, -0.1) is 0 Å². The quantitative estimate of drug-likeness (QED) is 0.547. The largest absolute Gasteiger partial charge is 0.319 e. The normalized spacial score (nSPS) is 12.1. The summed E-state index contributed by atoms with van der Waals surface area (Å²) in [6, 6.07) is 10.7. The van der Waals surface area contributed by atoms with Gasteiger partial charge in [0.05, 0.1) is 20.8 Å². The van der Waals surface area contributed by atoms with E-state index in [1.54, 1.807) is 12.1 Å². The molecule has 0 bridgehead atoms. The number of carbonyl (C=O) groups is 1. The molecule has 0 aliphatic rings. The van der Waals surface area contributed by atoms with Crippen molar-refractivity contribution in [1.29, 1.82) is 0 Å². The molecule has 7 heteroatoms. The average molecular weight is 416 g/mol. The van der Waals surface area contributed by atoms with Crippen molar-refractivity contribution in [3.05, 3.63) is 61.3 Å². The maximum absolute atomic E-state index is 12.4. The molecule has 1 aromatic heterocycles. The molecule has 0 aliphatic carbocycles. The van der Waals surface area contributed by atoms with Crippen LogP contribution < -0.4 is 4.80 Å². The highest BCUT2D eigenvalue weighted by Gasteiger charge is 2.11. The molecule has 22 heavy (non-hydrogen) atoms. The van der Waals surface area contributed by atoms with Gasteiger partial charge in [-0.1, -0.05) is 50.5 Å². The lowest BCUT2D eigenvalue weighted by Gasteiger charge is -2.00. The van der Waals surface area contributed by atoms with E-state index >= 15 is 0 Å². The molecular weight excluding hydrogens is 407 g/mol. The lowest BCUT2D eigenvalue weighted by molar-refractivity contribution is 0.0998. The summed E-state index contributed by atoms with van der Waals surface area (Å²) in [5.41, 5.74) is 1.31. The molecule has 2 aromatic carbocycles. The van der Waals surface area contributed by atoms with Gasteiger partial charge >= 0.3 is 0 Å². The van der Waals surface area contributed by atoms with Crippen LogP contribution in [0.5, 0.6) is 0 Å². The Balaban J connectivity index is 2.14. The third kappa shape index (κ3) is 2.99. The van der Waals surface area contributed by atoms with Gasteiger partial charge in [-0.2, -0.15) is 4.99 Å². The number of amides is 1. The van der Waals surface area contributed by atoms with Crippen LogP contribution in [0, 0.1) is 0 Å². The first kappa shape index (κ1) is 15.7. The lowest BCUT2D eigenvalue weighted by Crippen LogP contribution is -2.13. The molecule has 3 nitrogen and oxygen atoms in total. The number of thiazole rings is 1. The lowest BCUT2D eigenvalue weighted by atomic mass is 10.2. The standard InChI is InChI=1S/C15H9BrCl2N2OS/c1-20-12-5-2-8(16)6-13(12)22-15(20)19-14(21)10-7-9(17)3-4-11(10)18/h2-7H,1H3. The van der Waals surface area contributed by atoms with Crippen molar-refractivity contribution < 1.29 is 4.79 Å². The first-order valence-corrected chi connectivity index (χ1v) is 8.61. The van der Waals surface area contributed by atoms with Crippen molar-refractivity contribution in [3.63, 3.8) is 0 Å². The first-order chi connectivity index (χ1) is 10.5. The van der Waals surface area contributed by atoms with Gasteiger partial charge in [0.1, 0.15) is 0 Å². The summed E-state index contributed by atoms with van der Waals surface area (Å²) in [6.07, 6.45) is 0. The number of halogens is 3. The minimum absolute atomic E-state index is 0.299. The third-order valence-corrected chi connectivity index (χ3v) is 5.28. The van der Waals surface area contributed by atoms with Crippen molar-refractivity contribution in [2.75, 3.05) is 0 Å². The number of aryl methyl sites for hydroxylation is 1. The topological polar surface area (TPSA) is 34.4 Å². The molecule has 0 fully saturated rings. The minimum Gasteiger partial charge on any atom is -0.319 e. The molecule has 0 spiro atoms. The van der Waals surface area contributed by atoms with Gasteiger partial charge in [-0.3, -0.25) is 4.79 Å². The second-order valence-electron chi connectivity index (χ2n) is 4.60. The molecule has 0 saturated heterocycles. The van der Waals surface area contributed by atoms with Crippen LogP contribution in [0.3, 0.4) is 0 Å². The molecule has 0 atom stereocenters. The molecule has 0 aliphatic heterocycles. The number of fused-ring (bicyclic) bond motifs is 1. The van der Waals surface area contributed by atoms with E-state index in [2.05, 4.69) is 20.9 Å². The third-order valence-electron chi connectivity index (χ3n) is 3.13. The predicted molar refractivity (Wildman–Crippen MR) is 94.9 cm³/mol. The van der Waals surface area contributed by atoms with Crippen molar-refractivity contribution in [1.82, 2.24) is 4.57 Å². The van der Waals surface area contributed by atoms with E-state index in [1.807, 2.05) is 29.8 Å². The smallest absolute Gasteiger partial charge is 0.281 e. The Morgan fingerprint density at radius 2 is 2.00 bits per heavy atom. The summed E-state index contributed by atoms with van der Waals surface area (Å²) in [4.78, 5) is 17.1. The monoisotopic (exact) mass is 414 g/mol. The van der Waals surface area contributed by atoms with Gasteiger partial charge in [-0.05, 0) is 36.4 Å². The number of hydrogen-bond acceptors (Lipinski definition) is 2. The fourth-order valence-electron chi connectivity index (χ4n) is 2.02. The number of hydrogen-bond donors (Lipinski definition) is 0. The average Bonchev–Trinajstić information content (AvgIpc) is 2.77. The maximum atomic E-state index is 12.4. The van der Waals surface area contributed by atoms with Gasteiger partial charge < -0.3 is 4.57 Å². The molecule has 0 radical (unpaired) electrons. The molecule has 112 valence electrons. The highest BCUT2D eigenvalue weighted by atomic mass is 79.9. The van der Waals surface area contributed by atoms with Crippen LogP contribution in [0.4, 0.5) is 0 Å². The van der Waals surface area contributed by atoms with Crippen LogP contribution in [0.25, 0.3) is 10.2 Å². The van der Waals surface area contributed by atoms with Crippen molar-refractivity contribution in [2.45, 2.75) is 0 Å². The molecular formula is C15H9BrCl2N2OS. The molecule has 3 aromatic rings. The summed E-state index contributed by atoms with van der Waals surface area (Å²) < 4.78 is 3.90. The van der Waals surface area contributed by atoms with Gasteiger partial charge in [0.25, 0.3) is 5.91 Å². The van der Waals surface area contributed by atoms with Crippen molar-refractivity contribution in [3.8, 4) is 0 Å². The van der Waals surface area contributed by atoms with Crippen LogP contribution in [-0.4, -0.2) is 10.5 Å². The SMILES string of the molecule is Cn1c(=NC(=O)c2cc(Cl)ccc2Cl)sc2cc(Br)ccc21. The fourth-order valence-corrected chi connectivity index (χ4v) is 3.96. The van der Waals surface area contributed by atoms with Crippen molar-refractivity contribution >= 4 is 66.6 Å². The Bertz CT molecular complexity index is 962. The summed E-state index contributed by atoms with van der Waals surface area (Å²) >= 11 is 16.8. The Hall–Kier alpha value is -1.14. The first-order valence-electron chi connectivity index (χ1n) is 6.25. The van der Waals surface area contributed by atoms with E-state index in [0.717, 1.165) is 14.7 Å². The van der Waals surface area contributed by atoms with E-state index < -0.39 is 5.91 Å². The summed E-state index contributed by atoms with van der Waals surface area (Å²) in [5.74, 6) is -0.409.